The van der Waals surface area contributed by atoms with Crippen molar-refractivity contribution in [3.8, 4) is 22.8 Å². The van der Waals surface area contributed by atoms with Crippen molar-refractivity contribution in [2.24, 2.45) is 5.92 Å². The molecule has 0 aliphatic carbocycles. The van der Waals surface area contributed by atoms with Crippen molar-refractivity contribution < 1.29 is 17.5 Å². The van der Waals surface area contributed by atoms with E-state index >= 15 is 0 Å². The van der Waals surface area contributed by atoms with Crippen LogP contribution < -0.4 is 4.74 Å². The van der Waals surface area contributed by atoms with Crippen molar-refractivity contribution in [2.75, 3.05) is 32.2 Å². The molecule has 35 heavy (non-hydrogen) atoms. The van der Waals surface area contributed by atoms with Gasteiger partial charge in [-0.2, -0.15) is 0 Å². The first-order valence-corrected chi connectivity index (χ1v) is 14.2. The standard InChI is InChI=1S/C25H27FN4O3S2/c1-29(12-17-7-9-35(31,32)10-8-17)13-19-14-30(24-15-34-16-27-24)25-20(19)4-5-22(28-25)18-3-6-23(33-2)21(26)11-18/h3-6,11,14-17H,7-10,12-13H2,1-2H3. The maximum atomic E-state index is 14.3. The third kappa shape index (κ3) is 5.10. The lowest BCUT2D eigenvalue weighted by Crippen LogP contribution is -2.31. The van der Waals surface area contributed by atoms with Crippen LogP contribution in [0.5, 0.6) is 5.75 Å². The number of nitrogens with zero attached hydrogens (tertiary/aromatic N) is 4. The van der Waals surface area contributed by atoms with Gasteiger partial charge >= 0.3 is 0 Å². The van der Waals surface area contributed by atoms with Crippen LogP contribution in [-0.4, -0.2) is 60.1 Å². The van der Waals surface area contributed by atoms with E-state index in [1.54, 1.807) is 17.6 Å². The number of benzene rings is 1. The molecule has 0 bridgehead atoms. The molecular formula is C25H27FN4O3S2. The highest BCUT2D eigenvalue weighted by molar-refractivity contribution is 7.91. The van der Waals surface area contributed by atoms with Gasteiger partial charge in [-0.25, -0.2) is 22.8 Å². The summed E-state index contributed by atoms with van der Waals surface area (Å²) in [6.45, 7) is 1.55. The van der Waals surface area contributed by atoms with E-state index in [1.807, 2.05) is 22.1 Å². The molecule has 1 fully saturated rings. The van der Waals surface area contributed by atoms with E-state index in [9.17, 15) is 12.8 Å². The van der Waals surface area contributed by atoms with E-state index in [1.165, 1.54) is 24.5 Å². The van der Waals surface area contributed by atoms with Crippen molar-refractivity contribution in [3.05, 3.63) is 58.8 Å². The molecule has 1 saturated heterocycles. The van der Waals surface area contributed by atoms with Gasteiger partial charge in [0, 0.05) is 35.6 Å². The van der Waals surface area contributed by atoms with Gasteiger partial charge in [0.05, 0.1) is 29.8 Å². The Bertz CT molecular complexity index is 1440. The number of hydrogen-bond donors (Lipinski definition) is 0. The summed E-state index contributed by atoms with van der Waals surface area (Å²) in [5.74, 6) is 1.50. The van der Waals surface area contributed by atoms with Gasteiger partial charge in [0.2, 0.25) is 0 Å². The summed E-state index contributed by atoms with van der Waals surface area (Å²) in [6.07, 6.45) is 3.50. The number of halogens is 1. The average molecular weight is 515 g/mol. The maximum Gasteiger partial charge on any atom is 0.165 e. The van der Waals surface area contributed by atoms with Crippen molar-refractivity contribution in [1.29, 1.82) is 0 Å². The molecule has 4 aromatic rings. The van der Waals surface area contributed by atoms with Crippen molar-refractivity contribution in [2.45, 2.75) is 19.4 Å². The molecule has 0 atom stereocenters. The molecular weight excluding hydrogens is 487 g/mol. The summed E-state index contributed by atoms with van der Waals surface area (Å²) in [5.41, 5.74) is 4.99. The summed E-state index contributed by atoms with van der Waals surface area (Å²) in [6, 6.07) is 8.77. The van der Waals surface area contributed by atoms with E-state index in [-0.39, 0.29) is 17.3 Å². The van der Waals surface area contributed by atoms with Gasteiger partial charge < -0.3 is 9.64 Å². The number of methoxy groups -OCH3 is 1. The van der Waals surface area contributed by atoms with Crippen molar-refractivity contribution >= 4 is 32.2 Å². The largest absolute Gasteiger partial charge is 0.494 e. The van der Waals surface area contributed by atoms with E-state index in [2.05, 4.69) is 23.1 Å². The smallest absolute Gasteiger partial charge is 0.165 e. The van der Waals surface area contributed by atoms with Crippen LogP contribution in [0.2, 0.25) is 0 Å². The van der Waals surface area contributed by atoms with Crippen LogP contribution in [0.15, 0.2) is 47.4 Å². The SMILES string of the molecule is COc1ccc(-c2ccc3c(CN(C)CC4CCS(=O)(=O)CC4)cn(-c4cscn4)c3n2)cc1F. The predicted octanol–water partition coefficient (Wildman–Crippen LogP) is 4.55. The lowest BCUT2D eigenvalue weighted by Gasteiger charge is -2.26. The second-order valence-corrected chi connectivity index (χ2v) is 12.1. The molecule has 0 unspecified atom stereocenters. The molecule has 3 aromatic heterocycles. The lowest BCUT2D eigenvalue weighted by molar-refractivity contribution is 0.258. The third-order valence-electron chi connectivity index (χ3n) is 6.53. The number of pyridine rings is 1. The fourth-order valence-electron chi connectivity index (χ4n) is 4.70. The Balaban J connectivity index is 1.45. The molecule has 7 nitrogen and oxygen atoms in total. The van der Waals surface area contributed by atoms with Gasteiger partial charge in [-0.3, -0.25) is 4.57 Å². The number of hydrogen-bond acceptors (Lipinski definition) is 7. The number of fused-ring (bicyclic) bond motifs is 1. The summed E-state index contributed by atoms with van der Waals surface area (Å²) in [4.78, 5) is 11.6. The van der Waals surface area contributed by atoms with Crippen LogP contribution in [0.1, 0.15) is 18.4 Å². The van der Waals surface area contributed by atoms with E-state index in [0.29, 0.717) is 23.7 Å². The monoisotopic (exact) mass is 514 g/mol. The maximum absolute atomic E-state index is 14.3. The van der Waals surface area contributed by atoms with E-state index < -0.39 is 15.7 Å². The first kappa shape index (κ1) is 23.9. The van der Waals surface area contributed by atoms with Crippen LogP contribution >= 0.6 is 11.3 Å². The van der Waals surface area contributed by atoms with Crippen LogP contribution in [0.25, 0.3) is 28.1 Å². The zero-order valence-corrected chi connectivity index (χ0v) is 21.3. The minimum absolute atomic E-state index is 0.196. The van der Waals surface area contributed by atoms with Crippen molar-refractivity contribution in [1.82, 2.24) is 19.4 Å². The fourth-order valence-corrected chi connectivity index (χ4v) is 6.81. The number of ether oxygens (including phenoxy) is 1. The molecule has 5 rings (SSSR count). The van der Waals surface area contributed by atoms with Crippen LogP contribution in [0, 0.1) is 11.7 Å². The van der Waals surface area contributed by atoms with Gasteiger partial charge in [-0.15, -0.1) is 11.3 Å². The van der Waals surface area contributed by atoms with Crippen LogP contribution in [0.3, 0.4) is 0 Å². The minimum Gasteiger partial charge on any atom is -0.494 e. The zero-order chi connectivity index (χ0) is 24.6. The Labute approximate surface area is 208 Å². The Morgan fingerprint density at radius 2 is 2.03 bits per heavy atom. The average Bonchev–Trinajstić information content (AvgIpc) is 3.48. The second kappa shape index (κ2) is 9.67. The highest BCUT2D eigenvalue weighted by atomic mass is 32.2. The normalized spacial score (nSPS) is 16.2. The quantitative estimate of drug-likeness (QED) is 0.360. The zero-order valence-electron chi connectivity index (χ0n) is 19.6. The fraction of sp³-hybridized carbons (Fsp3) is 0.360. The van der Waals surface area contributed by atoms with E-state index in [4.69, 9.17) is 9.72 Å². The second-order valence-electron chi connectivity index (χ2n) is 9.08. The minimum atomic E-state index is -2.86. The van der Waals surface area contributed by atoms with Crippen molar-refractivity contribution in [3.63, 3.8) is 0 Å². The van der Waals surface area contributed by atoms with Gasteiger partial charge in [-0.1, -0.05) is 0 Å². The molecule has 4 heterocycles. The summed E-state index contributed by atoms with van der Waals surface area (Å²) >= 11 is 1.51. The van der Waals surface area contributed by atoms with E-state index in [0.717, 1.165) is 41.8 Å². The third-order valence-corrected chi connectivity index (χ3v) is 8.82. The molecule has 0 N–H and O–H groups in total. The van der Waals surface area contributed by atoms with Gasteiger partial charge in [0.15, 0.2) is 11.6 Å². The topological polar surface area (TPSA) is 77.3 Å². The summed E-state index contributed by atoms with van der Waals surface area (Å²) < 4.78 is 44.9. The van der Waals surface area contributed by atoms with Gasteiger partial charge in [-0.05, 0) is 61.7 Å². The Morgan fingerprint density at radius 3 is 2.71 bits per heavy atom. The number of thiazole rings is 1. The molecule has 1 aliphatic heterocycles. The van der Waals surface area contributed by atoms with Gasteiger partial charge in [0.1, 0.15) is 21.3 Å². The Kier molecular flexibility index (Phi) is 6.61. The molecule has 1 aliphatic rings. The first-order valence-electron chi connectivity index (χ1n) is 11.5. The molecule has 10 heteroatoms. The predicted molar refractivity (Wildman–Crippen MR) is 136 cm³/mol. The molecule has 184 valence electrons. The number of rotatable bonds is 7. The molecule has 0 radical (unpaired) electrons. The number of sulfone groups is 1. The first-order chi connectivity index (χ1) is 16.8. The number of aromatic nitrogens is 3. The molecule has 0 amide bonds. The summed E-state index contributed by atoms with van der Waals surface area (Å²) in [7, 11) is 0.648. The molecule has 1 aromatic carbocycles. The molecule has 0 spiro atoms. The molecule has 0 saturated carbocycles. The van der Waals surface area contributed by atoms with Crippen LogP contribution in [-0.2, 0) is 16.4 Å². The highest BCUT2D eigenvalue weighted by Gasteiger charge is 2.25. The highest BCUT2D eigenvalue weighted by Crippen LogP contribution is 2.30. The lowest BCUT2D eigenvalue weighted by atomic mass is 10.0. The Morgan fingerprint density at radius 1 is 1.23 bits per heavy atom. The van der Waals surface area contributed by atoms with Crippen LogP contribution in [0.4, 0.5) is 4.39 Å². The summed E-state index contributed by atoms with van der Waals surface area (Å²) in [5, 5.41) is 2.98. The van der Waals surface area contributed by atoms with Gasteiger partial charge in [0.25, 0.3) is 0 Å². The Hall–Kier alpha value is -2.82.